The van der Waals surface area contributed by atoms with Gasteiger partial charge in [-0.3, -0.25) is 0 Å². The zero-order chi connectivity index (χ0) is 14.4. The number of hydrogen-bond donors (Lipinski definition) is 1. The molecule has 1 N–H and O–H groups in total. The fourth-order valence-corrected chi connectivity index (χ4v) is 3.93. The molecule has 3 atom stereocenters. The van der Waals surface area contributed by atoms with Crippen molar-refractivity contribution in [1.29, 1.82) is 0 Å². The summed E-state index contributed by atoms with van der Waals surface area (Å²) in [4.78, 5) is 0. The number of rotatable bonds is 3. The normalized spacial score (nSPS) is 29.7. The third kappa shape index (κ3) is 1.97. The van der Waals surface area contributed by atoms with Crippen molar-refractivity contribution in [2.75, 3.05) is 11.9 Å². The molecule has 1 saturated carbocycles. The summed E-state index contributed by atoms with van der Waals surface area (Å²) in [5.41, 5.74) is 2.47. The molecule has 4 heteroatoms. The first-order valence-electron chi connectivity index (χ1n) is 7.64. The minimum atomic E-state index is 0.210. The molecule has 0 amide bonds. The molecule has 2 heterocycles. The Balaban J connectivity index is 1.50. The van der Waals surface area contributed by atoms with Crippen LogP contribution in [0, 0.1) is 11.3 Å². The fraction of sp³-hybridized carbons (Fsp3) is 0.471. The second-order valence-electron chi connectivity index (χ2n) is 6.68. The zero-order valence-corrected chi connectivity index (χ0v) is 12.5. The maximum Gasteiger partial charge on any atom is 0.0694 e. The Morgan fingerprint density at radius 2 is 2.10 bits per heavy atom. The number of anilines is 1. The summed E-state index contributed by atoms with van der Waals surface area (Å²) < 4.78 is 7.72. The van der Waals surface area contributed by atoms with Crippen LogP contribution in [-0.4, -0.2) is 28.5 Å². The van der Waals surface area contributed by atoms with Crippen molar-refractivity contribution in [2.45, 2.75) is 32.4 Å². The Bertz CT molecular complexity index is 618. The molecule has 3 unspecified atom stereocenters. The molecule has 110 valence electrons. The lowest BCUT2D eigenvalue weighted by atomic mass is 9.57. The Hall–Kier alpha value is -1.81. The van der Waals surface area contributed by atoms with Gasteiger partial charge in [0, 0.05) is 42.1 Å². The average molecular weight is 283 g/mol. The Morgan fingerprint density at radius 1 is 1.29 bits per heavy atom. The predicted octanol–water partition coefficient (Wildman–Crippen LogP) is 3.10. The van der Waals surface area contributed by atoms with Gasteiger partial charge in [-0.2, -0.15) is 5.10 Å². The number of nitrogens with one attached hydrogen (secondary N) is 1. The molecular weight excluding hydrogens is 262 g/mol. The van der Waals surface area contributed by atoms with Crippen LogP contribution in [0.1, 0.15) is 20.3 Å². The summed E-state index contributed by atoms with van der Waals surface area (Å²) in [7, 11) is 0. The standard InChI is InChI=1S/C17H21N3O/c1-17(2)15(14-8-11-21-16(14)17)19-12-4-6-13(7-5-12)20-10-3-9-18-20/h3-7,9-10,14-16,19H,8,11H2,1-2H3. The molecule has 1 saturated heterocycles. The van der Waals surface area contributed by atoms with Gasteiger partial charge >= 0.3 is 0 Å². The topological polar surface area (TPSA) is 39.1 Å². The van der Waals surface area contributed by atoms with E-state index in [0.717, 1.165) is 12.3 Å². The van der Waals surface area contributed by atoms with Gasteiger partial charge in [-0.05, 0) is 36.8 Å². The average Bonchev–Trinajstić information content (AvgIpc) is 3.16. The van der Waals surface area contributed by atoms with Crippen molar-refractivity contribution in [3.05, 3.63) is 42.7 Å². The zero-order valence-electron chi connectivity index (χ0n) is 12.5. The van der Waals surface area contributed by atoms with E-state index in [1.807, 2.05) is 16.9 Å². The number of ether oxygens (including phenoxy) is 1. The molecule has 0 spiro atoms. The monoisotopic (exact) mass is 283 g/mol. The maximum absolute atomic E-state index is 5.85. The summed E-state index contributed by atoms with van der Waals surface area (Å²) in [6.07, 6.45) is 5.36. The first kappa shape index (κ1) is 12.9. The molecule has 21 heavy (non-hydrogen) atoms. The molecule has 1 aliphatic carbocycles. The molecule has 2 aromatic rings. The first-order chi connectivity index (χ1) is 10.2. The van der Waals surface area contributed by atoms with E-state index in [0.29, 0.717) is 18.1 Å². The van der Waals surface area contributed by atoms with Crippen LogP contribution in [0.2, 0.25) is 0 Å². The van der Waals surface area contributed by atoms with Crippen LogP contribution < -0.4 is 5.32 Å². The van der Waals surface area contributed by atoms with Gasteiger partial charge in [-0.15, -0.1) is 0 Å². The summed E-state index contributed by atoms with van der Waals surface area (Å²) in [5.74, 6) is 0.658. The molecule has 1 aromatic heterocycles. The maximum atomic E-state index is 5.85. The molecule has 1 aromatic carbocycles. The number of nitrogens with zero attached hydrogens (tertiary/aromatic N) is 2. The van der Waals surface area contributed by atoms with E-state index in [9.17, 15) is 0 Å². The van der Waals surface area contributed by atoms with Gasteiger partial charge in [0.15, 0.2) is 0 Å². The minimum Gasteiger partial charge on any atom is -0.381 e. The molecule has 0 bridgehead atoms. The number of fused-ring (bicyclic) bond motifs is 1. The van der Waals surface area contributed by atoms with Crippen LogP contribution in [0.4, 0.5) is 5.69 Å². The first-order valence-corrected chi connectivity index (χ1v) is 7.64. The predicted molar refractivity (Wildman–Crippen MR) is 82.6 cm³/mol. The lowest BCUT2D eigenvalue weighted by Gasteiger charge is -2.55. The van der Waals surface area contributed by atoms with E-state index >= 15 is 0 Å². The van der Waals surface area contributed by atoms with Crippen LogP contribution in [0.5, 0.6) is 0 Å². The Labute approximate surface area is 125 Å². The van der Waals surface area contributed by atoms with E-state index in [4.69, 9.17) is 4.74 Å². The van der Waals surface area contributed by atoms with Crippen LogP contribution in [-0.2, 0) is 4.74 Å². The smallest absolute Gasteiger partial charge is 0.0694 e. The summed E-state index contributed by atoms with van der Waals surface area (Å²) in [6.45, 7) is 5.51. The number of benzene rings is 1. The van der Waals surface area contributed by atoms with Gasteiger partial charge in [0.1, 0.15) is 0 Å². The summed E-state index contributed by atoms with van der Waals surface area (Å²) in [5, 5.41) is 7.95. The lowest BCUT2D eigenvalue weighted by molar-refractivity contribution is -0.0923. The molecule has 2 aliphatic rings. The van der Waals surface area contributed by atoms with Crippen molar-refractivity contribution in [3.8, 4) is 5.69 Å². The Morgan fingerprint density at radius 3 is 2.81 bits per heavy atom. The Kier molecular flexibility index (Phi) is 2.82. The highest BCUT2D eigenvalue weighted by Gasteiger charge is 2.59. The van der Waals surface area contributed by atoms with Crippen molar-refractivity contribution in [1.82, 2.24) is 9.78 Å². The second-order valence-corrected chi connectivity index (χ2v) is 6.68. The van der Waals surface area contributed by atoms with E-state index in [-0.39, 0.29) is 5.41 Å². The molecular formula is C17H21N3O. The van der Waals surface area contributed by atoms with Gasteiger partial charge in [0.05, 0.1) is 11.8 Å². The van der Waals surface area contributed by atoms with Crippen molar-refractivity contribution >= 4 is 5.69 Å². The van der Waals surface area contributed by atoms with Gasteiger partial charge in [0.2, 0.25) is 0 Å². The van der Waals surface area contributed by atoms with Crippen LogP contribution in [0.25, 0.3) is 5.69 Å². The highest BCUT2D eigenvalue weighted by atomic mass is 16.5. The highest BCUT2D eigenvalue weighted by molar-refractivity contribution is 5.50. The quantitative estimate of drug-likeness (QED) is 0.941. The van der Waals surface area contributed by atoms with E-state index < -0.39 is 0 Å². The molecule has 0 radical (unpaired) electrons. The van der Waals surface area contributed by atoms with Gasteiger partial charge < -0.3 is 10.1 Å². The SMILES string of the molecule is CC1(C)C(Nc2ccc(-n3cccn3)cc2)C2CCOC21. The molecule has 4 nitrogen and oxygen atoms in total. The van der Waals surface area contributed by atoms with Crippen LogP contribution in [0.3, 0.4) is 0 Å². The molecule has 1 aliphatic heterocycles. The minimum absolute atomic E-state index is 0.210. The van der Waals surface area contributed by atoms with Crippen LogP contribution in [0.15, 0.2) is 42.7 Å². The van der Waals surface area contributed by atoms with Gasteiger partial charge in [0.25, 0.3) is 0 Å². The largest absolute Gasteiger partial charge is 0.381 e. The van der Waals surface area contributed by atoms with E-state index in [1.165, 1.54) is 12.1 Å². The highest BCUT2D eigenvalue weighted by Crippen LogP contribution is 2.53. The van der Waals surface area contributed by atoms with Crippen molar-refractivity contribution in [3.63, 3.8) is 0 Å². The fourth-order valence-electron chi connectivity index (χ4n) is 3.93. The number of hydrogen-bond acceptors (Lipinski definition) is 3. The van der Waals surface area contributed by atoms with Gasteiger partial charge in [-0.1, -0.05) is 13.8 Å². The molecule has 2 fully saturated rings. The second kappa shape index (κ2) is 4.60. The summed E-state index contributed by atoms with van der Waals surface area (Å²) in [6, 6.07) is 10.9. The molecule has 4 rings (SSSR count). The van der Waals surface area contributed by atoms with E-state index in [2.05, 4.69) is 48.5 Å². The lowest BCUT2D eigenvalue weighted by Crippen LogP contribution is -2.63. The van der Waals surface area contributed by atoms with E-state index in [1.54, 1.807) is 6.20 Å². The number of aromatic nitrogens is 2. The summed E-state index contributed by atoms with van der Waals surface area (Å²) >= 11 is 0. The van der Waals surface area contributed by atoms with Crippen molar-refractivity contribution < 1.29 is 4.74 Å². The third-order valence-electron chi connectivity index (χ3n) is 5.06. The van der Waals surface area contributed by atoms with Crippen molar-refractivity contribution in [2.24, 2.45) is 11.3 Å². The van der Waals surface area contributed by atoms with Crippen LogP contribution >= 0.6 is 0 Å². The third-order valence-corrected chi connectivity index (χ3v) is 5.06. The van der Waals surface area contributed by atoms with Gasteiger partial charge in [-0.25, -0.2) is 4.68 Å².